The van der Waals surface area contributed by atoms with Gasteiger partial charge in [0.2, 0.25) is 5.78 Å². The van der Waals surface area contributed by atoms with Crippen LogP contribution in [0.25, 0.3) is 0 Å². The Labute approximate surface area is 192 Å². The molecule has 2 unspecified atom stereocenters. The number of rotatable bonds is 4. The molecule has 156 valence electrons. The summed E-state index contributed by atoms with van der Waals surface area (Å²) in [5.74, 6) is -4.14. The second-order valence-corrected chi connectivity index (χ2v) is 8.33. The maximum atomic E-state index is 13.4. The first-order chi connectivity index (χ1) is 14.8. The number of aromatic hydroxyl groups is 1. The summed E-state index contributed by atoms with van der Waals surface area (Å²) in [5.41, 5.74) is 0.819. The summed E-state index contributed by atoms with van der Waals surface area (Å²) in [6.07, 6.45) is 0. The summed E-state index contributed by atoms with van der Waals surface area (Å²) in [7, 11) is 0. The minimum atomic E-state index is -1.38. The van der Waals surface area contributed by atoms with Crippen molar-refractivity contribution in [1.29, 1.82) is 0 Å². The summed E-state index contributed by atoms with van der Waals surface area (Å²) in [5, 5.41) is 11.3. The van der Waals surface area contributed by atoms with Gasteiger partial charge in [-0.15, -0.1) is 0 Å². The third-order valence-electron chi connectivity index (χ3n) is 5.11. The van der Waals surface area contributed by atoms with E-state index >= 15 is 0 Å². The van der Waals surface area contributed by atoms with Crippen LogP contribution in [0.4, 0.5) is 5.69 Å². The first-order valence-electron chi connectivity index (χ1n) is 9.19. The molecule has 0 aromatic heterocycles. The normalized spacial score (nSPS) is 18.5. The van der Waals surface area contributed by atoms with E-state index in [0.717, 1.165) is 0 Å². The van der Waals surface area contributed by atoms with E-state index in [0.29, 0.717) is 21.3 Å². The van der Waals surface area contributed by atoms with Gasteiger partial charge in [0.05, 0.1) is 11.6 Å². The molecule has 4 rings (SSSR count). The maximum Gasteiger partial charge on any atom is 0.295 e. The number of carbonyl (C=O) groups is 3. The van der Waals surface area contributed by atoms with Crippen molar-refractivity contribution in [1.82, 2.24) is 0 Å². The predicted molar refractivity (Wildman–Crippen MR) is 119 cm³/mol. The van der Waals surface area contributed by atoms with Crippen molar-refractivity contribution in [3.63, 3.8) is 0 Å². The number of nitrogens with zero attached hydrogens (tertiary/aromatic N) is 1. The van der Waals surface area contributed by atoms with Crippen molar-refractivity contribution >= 4 is 58.0 Å². The third-order valence-corrected chi connectivity index (χ3v) is 5.83. The predicted octanol–water partition coefficient (Wildman–Crippen LogP) is 5.51. The first kappa shape index (κ1) is 21.4. The molecule has 31 heavy (non-hydrogen) atoms. The third kappa shape index (κ3) is 3.92. The van der Waals surface area contributed by atoms with Gasteiger partial charge in [-0.05, 0) is 54.1 Å². The van der Waals surface area contributed by atoms with Crippen LogP contribution in [-0.2, 0) is 9.59 Å². The number of ketones is 2. The summed E-state index contributed by atoms with van der Waals surface area (Å²) >= 11 is 18.0. The number of hydrogen-bond acceptors (Lipinski definition) is 4. The van der Waals surface area contributed by atoms with Crippen molar-refractivity contribution in [2.45, 2.75) is 6.04 Å². The van der Waals surface area contributed by atoms with Crippen LogP contribution in [0, 0.1) is 5.92 Å². The van der Waals surface area contributed by atoms with Gasteiger partial charge in [-0.1, -0.05) is 53.0 Å². The van der Waals surface area contributed by atoms with Crippen LogP contribution in [0.5, 0.6) is 5.75 Å². The molecule has 1 saturated heterocycles. The molecular formula is C23H14Cl3NO4. The van der Waals surface area contributed by atoms with E-state index in [2.05, 4.69) is 0 Å². The van der Waals surface area contributed by atoms with E-state index in [-0.39, 0.29) is 16.3 Å². The Balaban J connectivity index is 1.88. The van der Waals surface area contributed by atoms with Crippen molar-refractivity contribution in [3.05, 3.63) is 92.9 Å². The molecule has 1 heterocycles. The highest BCUT2D eigenvalue weighted by molar-refractivity contribution is 6.49. The maximum absolute atomic E-state index is 13.4. The molecule has 3 aromatic rings. The van der Waals surface area contributed by atoms with Crippen LogP contribution < -0.4 is 4.90 Å². The number of hydrogen-bond donors (Lipinski definition) is 1. The molecule has 1 N–H and O–H groups in total. The highest BCUT2D eigenvalue weighted by atomic mass is 35.5. The Morgan fingerprint density at radius 2 is 1.48 bits per heavy atom. The lowest BCUT2D eigenvalue weighted by molar-refractivity contribution is -0.135. The summed E-state index contributed by atoms with van der Waals surface area (Å²) in [6, 6.07) is 16.0. The minimum absolute atomic E-state index is 0.0949. The zero-order valence-electron chi connectivity index (χ0n) is 15.8. The number of phenolic OH excluding ortho intramolecular Hbond substituents is 1. The number of benzene rings is 3. The van der Waals surface area contributed by atoms with Gasteiger partial charge in [0, 0.05) is 20.8 Å². The monoisotopic (exact) mass is 473 g/mol. The zero-order valence-corrected chi connectivity index (χ0v) is 18.0. The largest absolute Gasteiger partial charge is 0.507 e. The molecule has 0 spiro atoms. The molecule has 5 nitrogen and oxygen atoms in total. The van der Waals surface area contributed by atoms with Crippen molar-refractivity contribution < 1.29 is 19.5 Å². The van der Waals surface area contributed by atoms with Crippen LogP contribution in [0.2, 0.25) is 15.1 Å². The molecule has 8 heteroatoms. The lowest BCUT2D eigenvalue weighted by Crippen LogP contribution is -2.30. The molecule has 3 aromatic carbocycles. The smallest absolute Gasteiger partial charge is 0.295 e. The molecule has 2 atom stereocenters. The molecule has 1 fully saturated rings. The van der Waals surface area contributed by atoms with Crippen LogP contribution in [-0.4, -0.2) is 22.6 Å². The van der Waals surface area contributed by atoms with Gasteiger partial charge >= 0.3 is 0 Å². The van der Waals surface area contributed by atoms with E-state index in [1.165, 1.54) is 23.1 Å². The van der Waals surface area contributed by atoms with Crippen LogP contribution in [0.1, 0.15) is 22.0 Å². The van der Waals surface area contributed by atoms with Crippen LogP contribution in [0.15, 0.2) is 66.7 Å². The van der Waals surface area contributed by atoms with Gasteiger partial charge in [0.1, 0.15) is 11.7 Å². The lowest BCUT2D eigenvalue weighted by Gasteiger charge is -2.27. The lowest BCUT2D eigenvalue weighted by atomic mass is 9.86. The topological polar surface area (TPSA) is 74.7 Å². The first-order valence-corrected chi connectivity index (χ1v) is 10.3. The zero-order chi connectivity index (χ0) is 22.3. The Kier molecular flexibility index (Phi) is 5.75. The molecule has 1 amide bonds. The summed E-state index contributed by atoms with van der Waals surface area (Å²) in [6.45, 7) is 0. The molecule has 1 aliphatic heterocycles. The summed E-state index contributed by atoms with van der Waals surface area (Å²) in [4.78, 5) is 40.7. The van der Waals surface area contributed by atoms with E-state index in [4.69, 9.17) is 34.8 Å². The SMILES string of the molecule is O=C1C(=O)N(c2cccc(Cl)c2)C(c2ccc(Cl)cc2)C1C(=O)c1ccc(Cl)cc1O. The van der Waals surface area contributed by atoms with Crippen molar-refractivity contribution in [3.8, 4) is 5.75 Å². The number of halogens is 3. The van der Waals surface area contributed by atoms with Crippen molar-refractivity contribution in [2.24, 2.45) is 5.92 Å². The van der Waals surface area contributed by atoms with Gasteiger partial charge in [-0.2, -0.15) is 0 Å². The highest BCUT2D eigenvalue weighted by Gasteiger charge is 2.52. The van der Waals surface area contributed by atoms with E-state index in [9.17, 15) is 19.5 Å². The van der Waals surface area contributed by atoms with Gasteiger partial charge in [0.25, 0.3) is 5.91 Å². The van der Waals surface area contributed by atoms with E-state index in [1.807, 2.05) is 0 Å². The quantitative estimate of drug-likeness (QED) is 0.307. The van der Waals surface area contributed by atoms with Gasteiger partial charge < -0.3 is 5.11 Å². The molecule has 0 aliphatic carbocycles. The van der Waals surface area contributed by atoms with Gasteiger partial charge in [0.15, 0.2) is 5.78 Å². The Hall–Kier alpha value is -2.86. The Morgan fingerprint density at radius 1 is 0.839 bits per heavy atom. The Morgan fingerprint density at radius 3 is 2.13 bits per heavy atom. The average Bonchev–Trinajstić information content (AvgIpc) is 2.99. The molecular weight excluding hydrogens is 461 g/mol. The second kappa shape index (κ2) is 8.35. The average molecular weight is 475 g/mol. The van der Waals surface area contributed by atoms with Crippen LogP contribution in [0.3, 0.4) is 0 Å². The van der Waals surface area contributed by atoms with Gasteiger partial charge in [-0.3, -0.25) is 19.3 Å². The Bertz CT molecular complexity index is 1210. The number of carbonyl (C=O) groups excluding carboxylic acids is 3. The molecule has 1 aliphatic rings. The molecule has 0 radical (unpaired) electrons. The molecule has 0 bridgehead atoms. The van der Waals surface area contributed by atoms with E-state index < -0.39 is 29.4 Å². The van der Waals surface area contributed by atoms with Crippen molar-refractivity contribution in [2.75, 3.05) is 4.90 Å². The standard InChI is InChI=1S/C23H14Cl3NO4/c24-13-6-4-12(5-7-13)20-19(21(29)17-9-8-15(26)11-18(17)28)22(30)23(31)27(20)16-3-1-2-14(25)10-16/h1-11,19-20,28H. The number of phenols is 1. The molecule has 0 saturated carbocycles. The highest BCUT2D eigenvalue weighted by Crippen LogP contribution is 2.42. The fraction of sp³-hybridized carbons (Fsp3) is 0.0870. The van der Waals surface area contributed by atoms with Gasteiger partial charge in [-0.25, -0.2) is 0 Å². The number of Topliss-reactive ketones (excluding diaryl/α,β-unsaturated/α-hetero) is 2. The fourth-order valence-electron chi connectivity index (χ4n) is 3.72. The number of anilines is 1. The minimum Gasteiger partial charge on any atom is -0.507 e. The fourth-order valence-corrected chi connectivity index (χ4v) is 4.20. The number of amides is 1. The second-order valence-electron chi connectivity index (χ2n) is 7.02. The van der Waals surface area contributed by atoms with E-state index in [1.54, 1.807) is 48.5 Å². The van der Waals surface area contributed by atoms with Crippen LogP contribution >= 0.6 is 34.8 Å². The summed E-state index contributed by atoms with van der Waals surface area (Å²) < 4.78 is 0.